The zero-order valence-electron chi connectivity index (χ0n) is 10.9. The van der Waals surface area contributed by atoms with Crippen LogP contribution in [-0.2, 0) is 6.18 Å². The van der Waals surface area contributed by atoms with E-state index in [4.69, 9.17) is 4.52 Å². The summed E-state index contributed by atoms with van der Waals surface area (Å²) in [6, 6.07) is 5.64. The van der Waals surface area contributed by atoms with Crippen LogP contribution in [0, 0.1) is 0 Å². The average molecular weight is 307 g/mol. The zero-order chi connectivity index (χ0) is 15.6. The lowest BCUT2D eigenvalue weighted by Crippen LogP contribution is -2.05. The van der Waals surface area contributed by atoms with E-state index in [2.05, 4.69) is 25.4 Å². The second-order valence-corrected chi connectivity index (χ2v) is 4.22. The predicted molar refractivity (Wildman–Crippen MR) is 70.1 cm³/mol. The minimum absolute atomic E-state index is 0.0834. The number of hydrogen-bond acceptors (Lipinski definition) is 6. The summed E-state index contributed by atoms with van der Waals surface area (Å²) in [7, 11) is 0. The van der Waals surface area contributed by atoms with Crippen LogP contribution >= 0.6 is 0 Å². The van der Waals surface area contributed by atoms with Crippen LogP contribution in [0.2, 0.25) is 0 Å². The van der Waals surface area contributed by atoms with Crippen molar-refractivity contribution in [2.45, 2.75) is 6.18 Å². The highest BCUT2D eigenvalue weighted by Crippen LogP contribution is 2.29. The Balaban J connectivity index is 1.79. The van der Waals surface area contributed by atoms with Crippen molar-refractivity contribution in [1.29, 1.82) is 0 Å². The van der Waals surface area contributed by atoms with E-state index in [1.54, 1.807) is 24.5 Å². The standard InChI is InChI=1S/C13H8F3N5O/c14-13(15,16)8-3-4-10(18-6-8)11-20-12(22-21-11)19-9-2-1-5-17-7-9/h1-7H,(H,19,20,21). The van der Waals surface area contributed by atoms with Gasteiger partial charge in [-0.05, 0) is 24.3 Å². The van der Waals surface area contributed by atoms with Crippen LogP contribution < -0.4 is 5.32 Å². The van der Waals surface area contributed by atoms with Gasteiger partial charge < -0.3 is 9.84 Å². The summed E-state index contributed by atoms with van der Waals surface area (Å²) in [5.74, 6) is 0.0834. The summed E-state index contributed by atoms with van der Waals surface area (Å²) in [5.41, 5.74) is -0.0254. The first kappa shape index (κ1) is 14.0. The lowest BCUT2D eigenvalue weighted by Gasteiger charge is -2.05. The van der Waals surface area contributed by atoms with Gasteiger partial charge in [-0.1, -0.05) is 5.16 Å². The SMILES string of the molecule is FC(F)(F)c1ccc(-c2noc(Nc3cccnc3)n2)nc1. The molecule has 22 heavy (non-hydrogen) atoms. The van der Waals surface area contributed by atoms with Crippen LogP contribution in [0.1, 0.15) is 5.56 Å². The van der Waals surface area contributed by atoms with Crippen molar-refractivity contribution in [3.8, 4) is 11.5 Å². The van der Waals surface area contributed by atoms with Crippen LogP contribution in [0.15, 0.2) is 47.4 Å². The number of pyridine rings is 2. The summed E-state index contributed by atoms with van der Waals surface area (Å²) in [6.45, 7) is 0. The molecule has 3 rings (SSSR count). The van der Waals surface area contributed by atoms with Gasteiger partial charge in [0.1, 0.15) is 5.69 Å². The van der Waals surface area contributed by atoms with Crippen molar-refractivity contribution in [3.63, 3.8) is 0 Å². The van der Waals surface area contributed by atoms with Gasteiger partial charge in [-0.3, -0.25) is 9.97 Å². The number of rotatable bonds is 3. The fourth-order valence-electron chi connectivity index (χ4n) is 1.63. The Kier molecular flexibility index (Phi) is 3.45. The number of nitrogens with one attached hydrogen (secondary N) is 1. The van der Waals surface area contributed by atoms with Crippen LogP contribution in [0.4, 0.5) is 24.9 Å². The Hall–Kier alpha value is -2.97. The lowest BCUT2D eigenvalue weighted by atomic mass is 10.2. The molecular weight excluding hydrogens is 299 g/mol. The molecule has 0 spiro atoms. The highest BCUT2D eigenvalue weighted by atomic mass is 19.4. The number of nitrogens with zero attached hydrogens (tertiary/aromatic N) is 4. The van der Waals surface area contributed by atoms with E-state index in [9.17, 15) is 13.2 Å². The van der Waals surface area contributed by atoms with Crippen LogP contribution in [0.25, 0.3) is 11.5 Å². The third-order valence-corrected chi connectivity index (χ3v) is 2.66. The molecule has 6 nitrogen and oxygen atoms in total. The van der Waals surface area contributed by atoms with Crippen molar-refractivity contribution in [2.24, 2.45) is 0 Å². The number of hydrogen-bond donors (Lipinski definition) is 1. The minimum atomic E-state index is -4.43. The van der Waals surface area contributed by atoms with Crippen molar-refractivity contribution < 1.29 is 17.7 Å². The first-order chi connectivity index (χ1) is 10.5. The van der Waals surface area contributed by atoms with E-state index >= 15 is 0 Å². The van der Waals surface area contributed by atoms with Crippen LogP contribution in [-0.4, -0.2) is 20.1 Å². The van der Waals surface area contributed by atoms with Gasteiger partial charge in [0.05, 0.1) is 17.4 Å². The summed E-state index contributed by atoms with van der Waals surface area (Å²) < 4.78 is 42.3. The molecule has 3 aromatic rings. The fourth-order valence-corrected chi connectivity index (χ4v) is 1.63. The van der Waals surface area contributed by atoms with Gasteiger partial charge in [-0.15, -0.1) is 0 Å². The van der Waals surface area contributed by atoms with Gasteiger partial charge >= 0.3 is 12.2 Å². The molecule has 0 saturated carbocycles. The van der Waals surface area contributed by atoms with Crippen LogP contribution in [0.5, 0.6) is 0 Å². The van der Waals surface area contributed by atoms with Gasteiger partial charge in [0, 0.05) is 12.4 Å². The minimum Gasteiger partial charge on any atom is -0.315 e. The second-order valence-electron chi connectivity index (χ2n) is 4.22. The van der Waals surface area contributed by atoms with Gasteiger partial charge in [0.2, 0.25) is 5.82 Å². The Morgan fingerprint density at radius 2 is 1.95 bits per heavy atom. The smallest absolute Gasteiger partial charge is 0.315 e. The van der Waals surface area contributed by atoms with E-state index in [-0.39, 0.29) is 17.5 Å². The molecule has 0 unspecified atom stereocenters. The first-order valence-corrected chi connectivity index (χ1v) is 6.07. The molecule has 0 aromatic carbocycles. The number of halogens is 3. The highest BCUT2D eigenvalue weighted by Gasteiger charge is 2.30. The molecule has 0 aliphatic carbocycles. The van der Waals surface area contributed by atoms with Crippen molar-refractivity contribution in [3.05, 3.63) is 48.4 Å². The molecular formula is C13H8F3N5O. The van der Waals surface area contributed by atoms with E-state index in [1.807, 2.05) is 0 Å². The number of anilines is 2. The van der Waals surface area contributed by atoms with Gasteiger partial charge in [0.15, 0.2) is 0 Å². The number of aromatic nitrogens is 4. The van der Waals surface area contributed by atoms with E-state index in [0.717, 1.165) is 12.3 Å². The van der Waals surface area contributed by atoms with E-state index < -0.39 is 11.7 Å². The Morgan fingerprint density at radius 1 is 1.09 bits per heavy atom. The molecule has 0 fully saturated rings. The molecule has 0 atom stereocenters. The predicted octanol–water partition coefficient (Wildman–Crippen LogP) is 3.29. The van der Waals surface area contributed by atoms with Crippen molar-refractivity contribution in [1.82, 2.24) is 20.1 Å². The molecule has 1 N–H and O–H groups in total. The quantitative estimate of drug-likeness (QED) is 0.800. The normalized spacial score (nSPS) is 11.4. The maximum Gasteiger partial charge on any atom is 0.417 e. The second kappa shape index (κ2) is 5.43. The van der Waals surface area contributed by atoms with E-state index in [0.29, 0.717) is 5.69 Å². The Bertz CT molecular complexity index is 755. The molecule has 0 saturated heterocycles. The van der Waals surface area contributed by atoms with Crippen molar-refractivity contribution in [2.75, 3.05) is 5.32 Å². The summed E-state index contributed by atoms with van der Waals surface area (Å²) in [6.07, 6.45) is -0.549. The monoisotopic (exact) mass is 307 g/mol. The average Bonchev–Trinajstić information content (AvgIpc) is 2.96. The molecule has 0 aliphatic heterocycles. The third kappa shape index (κ3) is 3.03. The van der Waals surface area contributed by atoms with E-state index in [1.165, 1.54) is 6.07 Å². The molecule has 0 aliphatic rings. The Morgan fingerprint density at radius 3 is 2.59 bits per heavy atom. The summed E-state index contributed by atoms with van der Waals surface area (Å²) in [5, 5.41) is 6.48. The zero-order valence-corrected chi connectivity index (χ0v) is 10.9. The largest absolute Gasteiger partial charge is 0.417 e. The van der Waals surface area contributed by atoms with Gasteiger partial charge in [-0.2, -0.15) is 18.2 Å². The molecule has 9 heteroatoms. The molecule has 0 bridgehead atoms. The first-order valence-electron chi connectivity index (χ1n) is 6.07. The summed E-state index contributed by atoms with van der Waals surface area (Å²) in [4.78, 5) is 11.6. The summed E-state index contributed by atoms with van der Waals surface area (Å²) >= 11 is 0. The fraction of sp³-hybridized carbons (Fsp3) is 0.0769. The van der Waals surface area contributed by atoms with Gasteiger partial charge in [0.25, 0.3) is 0 Å². The molecule has 112 valence electrons. The molecule has 3 heterocycles. The molecule has 0 radical (unpaired) electrons. The molecule has 3 aromatic heterocycles. The highest BCUT2D eigenvalue weighted by molar-refractivity contribution is 5.54. The maximum atomic E-state index is 12.5. The molecule has 0 amide bonds. The Labute approximate surface area is 122 Å². The van der Waals surface area contributed by atoms with Gasteiger partial charge in [-0.25, -0.2) is 0 Å². The van der Waals surface area contributed by atoms with Crippen molar-refractivity contribution >= 4 is 11.7 Å². The lowest BCUT2D eigenvalue weighted by molar-refractivity contribution is -0.137. The maximum absolute atomic E-state index is 12.5. The third-order valence-electron chi connectivity index (χ3n) is 2.66. The van der Waals surface area contributed by atoms with Crippen LogP contribution in [0.3, 0.4) is 0 Å². The number of alkyl halides is 3. The topological polar surface area (TPSA) is 76.7 Å².